The zero-order valence-electron chi connectivity index (χ0n) is 14.0. The monoisotopic (exact) mass is 325 g/mol. The second kappa shape index (κ2) is 7.43. The van der Waals surface area contributed by atoms with Crippen molar-refractivity contribution in [1.29, 1.82) is 0 Å². The average molecular weight is 325 g/mol. The third kappa shape index (κ3) is 3.91. The van der Waals surface area contributed by atoms with E-state index in [0.717, 1.165) is 24.1 Å². The van der Waals surface area contributed by atoms with E-state index in [0.29, 0.717) is 24.6 Å². The van der Waals surface area contributed by atoms with Gasteiger partial charge in [0.05, 0.1) is 12.0 Å². The summed E-state index contributed by atoms with van der Waals surface area (Å²) in [5.74, 6) is 0.315. The lowest BCUT2D eigenvalue weighted by Gasteiger charge is -2.11. The predicted molar refractivity (Wildman–Crippen MR) is 93.2 cm³/mol. The molecular weight excluding hydrogens is 302 g/mol. The lowest BCUT2D eigenvalue weighted by atomic mass is 10.0. The van der Waals surface area contributed by atoms with Crippen LogP contribution in [0.1, 0.15) is 53.2 Å². The van der Waals surface area contributed by atoms with Gasteiger partial charge in [-0.2, -0.15) is 0 Å². The minimum absolute atomic E-state index is 0.0447. The number of carbonyl (C=O) groups is 1. The van der Waals surface area contributed by atoms with Gasteiger partial charge >= 0.3 is 0 Å². The van der Waals surface area contributed by atoms with E-state index < -0.39 is 0 Å². The van der Waals surface area contributed by atoms with Crippen molar-refractivity contribution in [2.45, 2.75) is 45.1 Å². The highest BCUT2D eigenvalue weighted by atomic mass is 16.1. The molecule has 0 unspecified atom stereocenters. The van der Waals surface area contributed by atoms with Crippen molar-refractivity contribution in [3.63, 3.8) is 0 Å². The summed E-state index contributed by atoms with van der Waals surface area (Å²) in [7, 11) is 0. The molecule has 1 N–H and O–H groups in total. The van der Waals surface area contributed by atoms with Gasteiger partial charge in [0.15, 0.2) is 0 Å². The first-order chi connectivity index (χ1) is 11.6. The van der Waals surface area contributed by atoms with Crippen LogP contribution in [0.3, 0.4) is 0 Å². The summed E-state index contributed by atoms with van der Waals surface area (Å²) < 4.78 is 1.55. The van der Waals surface area contributed by atoms with Gasteiger partial charge in [0.2, 0.25) is 0 Å². The molecule has 126 valence electrons. The Bertz CT molecular complexity index is 776. The highest BCUT2D eigenvalue weighted by Gasteiger charge is 2.18. The van der Waals surface area contributed by atoms with Crippen LogP contribution in [0.15, 0.2) is 41.5 Å². The van der Waals surface area contributed by atoms with Crippen LogP contribution in [0.2, 0.25) is 0 Å². The van der Waals surface area contributed by atoms with Crippen molar-refractivity contribution in [2.75, 3.05) is 6.54 Å². The van der Waals surface area contributed by atoms with Crippen LogP contribution >= 0.6 is 0 Å². The molecule has 1 aliphatic carbocycles. The van der Waals surface area contributed by atoms with E-state index in [9.17, 15) is 9.59 Å². The Morgan fingerprint density at radius 2 is 2.08 bits per heavy atom. The largest absolute Gasteiger partial charge is 0.350 e. The fourth-order valence-corrected chi connectivity index (χ4v) is 3.23. The molecule has 1 fully saturated rings. The van der Waals surface area contributed by atoms with Crippen molar-refractivity contribution in [3.05, 3.63) is 63.8 Å². The minimum atomic E-state index is -0.123. The Kier molecular flexibility index (Phi) is 5.08. The molecule has 5 nitrogen and oxygen atoms in total. The van der Waals surface area contributed by atoms with Gasteiger partial charge in [-0.25, -0.2) is 4.98 Å². The number of aromatic nitrogens is 2. The summed E-state index contributed by atoms with van der Waals surface area (Å²) in [5, 5.41) is 2.85. The quantitative estimate of drug-likeness (QED) is 0.919. The number of hydrogen-bond donors (Lipinski definition) is 1. The molecule has 1 amide bonds. The van der Waals surface area contributed by atoms with E-state index in [2.05, 4.69) is 10.3 Å². The Morgan fingerprint density at radius 1 is 1.29 bits per heavy atom. The maximum atomic E-state index is 12.2. The number of nitrogens with one attached hydrogen (secondary N) is 1. The van der Waals surface area contributed by atoms with Crippen LogP contribution in [0.5, 0.6) is 0 Å². The van der Waals surface area contributed by atoms with Crippen molar-refractivity contribution < 1.29 is 4.79 Å². The standard InChI is InChI=1S/C19H23N3O2/c1-14-5-4-8-16(11-14)19(24)20-9-10-22-13-21-17(12-18(22)23)15-6-2-3-7-15/h4-5,8,11-13,15H,2-3,6-7,9-10H2,1H3,(H,20,24). The molecule has 0 atom stereocenters. The number of aryl methyl sites for hydroxylation is 1. The third-order valence-electron chi connectivity index (χ3n) is 4.59. The van der Waals surface area contributed by atoms with Crippen LogP contribution in [0, 0.1) is 6.92 Å². The highest BCUT2D eigenvalue weighted by molar-refractivity contribution is 5.94. The molecule has 0 radical (unpaired) electrons. The van der Waals surface area contributed by atoms with Gasteiger partial charge in [-0.15, -0.1) is 0 Å². The molecule has 1 aromatic carbocycles. The van der Waals surface area contributed by atoms with Crippen LogP contribution < -0.4 is 10.9 Å². The van der Waals surface area contributed by atoms with Gasteiger partial charge in [-0.3, -0.25) is 14.2 Å². The minimum Gasteiger partial charge on any atom is -0.350 e. The van der Waals surface area contributed by atoms with E-state index in [1.165, 1.54) is 12.8 Å². The van der Waals surface area contributed by atoms with E-state index >= 15 is 0 Å². The first kappa shape index (κ1) is 16.4. The Morgan fingerprint density at radius 3 is 2.79 bits per heavy atom. The summed E-state index contributed by atoms with van der Waals surface area (Å²) in [5.41, 5.74) is 2.55. The Balaban J connectivity index is 1.56. The number of amides is 1. The molecule has 3 rings (SSSR count). The second-order valence-electron chi connectivity index (χ2n) is 6.45. The van der Waals surface area contributed by atoms with E-state index in [1.807, 2.05) is 25.1 Å². The SMILES string of the molecule is Cc1cccc(C(=O)NCCn2cnc(C3CCCC3)cc2=O)c1. The van der Waals surface area contributed by atoms with Gasteiger partial charge in [0.25, 0.3) is 11.5 Å². The maximum Gasteiger partial charge on any atom is 0.253 e. The first-order valence-electron chi connectivity index (χ1n) is 8.55. The second-order valence-corrected chi connectivity index (χ2v) is 6.45. The first-order valence-corrected chi connectivity index (χ1v) is 8.55. The van der Waals surface area contributed by atoms with E-state index in [1.54, 1.807) is 23.0 Å². The zero-order valence-corrected chi connectivity index (χ0v) is 14.0. The molecule has 1 aromatic heterocycles. The zero-order chi connectivity index (χ0) is 16.9. The van der Waals surface area contributed by atoms with Gasteiger partial charge < -0.3 is 5.32 Å². The number of nitrogens with zero attached hydrogens (tertiary/aromatic N) is 2. The Hall–Kier alpha value is -2.43. The van der Waals surface area contributed by atoms with Crippen LogP contribution in [0.4, 0.5) is 0 Å². The summed E-state index contributed by atoms with van der Waals surface area (Å²) >= 11 is 0. The van der Waals surface area contributed by atoms with Gasteiger partial charge in [-0.05, 0) is 31.9 Å². The molecular formula is C19H23N3O2. The molecule has 24 heavy (non-hydrogen) atoms. The fourth-order valence-electron chi connectivity index (χ4n) is 3.23. The number of carbonyl (C=O) groups excluding carboxylic acids is 1. The average Bonchev–Trinajstić information content (AvgIpc) is 3.10. The smallest absolute Gasteiger partial charge is 0.253 e. The maximum absolute atomic E-state index is 12.2. The van der Waals surface area contributed by atoms with Gasteiger partial charge in [-0.1, -0.05) is 30.5 Å². The summed E-state index contributed by atoms with van der Waals surface area (Å²) in [6, 6.07) is 9.10. The molecule has 0 spiro atoms. The highest BCUT2D eigenvalue weighted by Crippen LogP contribution is 2.32. The summed E-state index contributed by atoms with van der Waals surface area (Å²) in [6.45, 7) is 2.78. The molecule has 0 aliphatic heterocycles. The molecule has 2 aromatic rings. The van der Waals surface area contributed by atoms with E-state index in [4.69, 9.17) is 0 Å². The fraction of sp³-hybridized carbons (Fsp3) is 0.421. The molecule has 1 aliphatic rings. The molecule has 1 heterocycles. The van der Waals surface area contributed by atoms with Gasteiger partial charge in [0, 0.05) is 30.6 Å². The topological polar surface area (TPSA) is 64.0 Å². The van der Waals surface area contributed by atoms with Crippen molar-refractivity contribution in [3.8, 4) is 0 Å². The lowest BCUT2D eigenvalue weighted by molar-refractivity contribution is 0.0952. The number of hydrogen-bond acceptors (Lipinski definition) is 3. The van der Waals surface area contributed by atoms with Crippen LogP contribution in [0.25, 0.3) is 0 Å². The van der Waals surface area contributed by atoms with Gasteiger partial charge in [0.1, 0.15) is 0 Å². The predicted octanol–water partition coefficient (Wildman–Crippen LogP) is 2.64. The lowest BCUT2D eigenvalue weighted by Crippen LogP contribution is -2.31. The molecule has 0 saturated heterocycles. The third-order valence-corrected chi connectivity index (χ3v) is 4.59. The van der Waals surface area contributed by atoms with Crippen LogP contribution in [-0.2, 0) is 6.54 Å². The van der Waals surface area contributed by atoms with E-state index in [-0.39, 0.29) is 11.5 Å². The molecule has 5 heteroatoms. The Labute approximate surface area is 141 Å². The van der Waals surface area contributed by atoms with Crippen LogP contribution in [-0.4, -0.2) is 22.0 Å². The normalized spacial score (nSPS) is 14.7. The summed E-state index contributed by atoms with van der Waals surface area (Å²) in [6.07, 6.45) is 6.31. The summed E-state index contributed by atoms with van der Waals surface area (Å²) in [4.78, 5) is 28.7. The van der Waals surface area contributed by atoms with Crippen molar-refractivity contribution >= 4 is 5.91 Å². The molecule has 1 saturated carbocycles. The van der Waals surface area contributed by atoms with Crippen molar-refractivity contribution in [1.82, 2.24) is 14.9 Å². The number of rotatable bonds is 5. The van der Waals surface area contributed by atoms with Crippen molar-refractivity contribution in [2.24, 2.45) is 0 Å². The number of benzene rings is 1. The molecule has 0 bridgehead atoms.